The fourth-order valence-electron chi connectivity index (χ4n) is 3.52. The summed E-state index contributed by atoms with van der Waals surface area (Å²) in [6, 6.07) is 0.0861. The van der Waals surface area contributed by atoms with Crippen molar-refractivity contribution in [3.63, 3.8) is 0 Å². The molecule has 2 aliphatic rings. The molecule has 2 fully saturated rings. The molecule has 0 radical (unpaired) electrons. The van der Waals surface area contributed by atoms with E-state index in [2.05, 4.69) is 10.3 Å². The maximum atomic E-state index is 12.2. The van der Waals surface area contributed by atoms with E-state index in [1.807, 2.05) is 10.9 Å². The highest BCUT2D eigenvalue weighted by atomic mass is 35.5. The Balaban J connectivity index is 0.000001000. The Bertz CT molecular complexity index is 427. The van der Waals surface area contributed by atoms with E-state index >= 15 is 0 Å². The van der Waals surface area contributed by atoms with Crippen molar-refractivity contribution >= 4 is 42.1 Å². The number of nitrogens with one attached hydrogen (secondary N) is 1. The van der Waals surface area contributed by atoms with Gasteiger partial charge in [-0.1, -0.05) is 0 Å². The van der Waals surface area contributed by atoms with E-state index in [-0.39, 0.29) is 42.7 Å². The first-order valence-corrected chi connectivity index (χ1v) is 7.60. The summed E-state index contributed by atoms with van der Waals surface area (Å²) in [4.78, 5) is 16.4. The van der Waals surface area contributed by atoms with Gasteiger partial charge in [-0.2, -0.15) is 0 Å². The maximum absolute atomic E-state index is 12.2. The van der Waals surface area contributed by atoms with E-state index in [0.29, 0.717) is 18.4 Å². The molecule has 20 heavy (non-hydrogen) atoms. The van der Waals surface area contributed by atoms with Gasteiger partial charge >= 0.3 is 0 Å². The van der Waals surface area contributed by atoms with E-state index < -0.39 is 0 Å². The molecule has 4 atom stereocenters. The summed E-state index contributed by atoms with van der Waals surface area (Å²) in [6.07, 6.45) is 4.37. The van der Waals surface area contributed by atoms with Crippen LogP contribution in [0.25, 0.3) is 0 Å². The highest BCUT2D eigenvalue weighted by molar-refractivity contribution is 7.07. The molecule has 3 rings (SSSR count). The van der Waals surface area contributed by atoms with Crippen LogP contribution in [-0.4, -0.2) is 23.5 Å². The summed E-state index contributed by atoms with van der Waals surface area (Å²) in [5, 5.41) is 5.05. The van der Waals surface area contributed by atoms with Gasteiger partial charge in [-0.3, -0.25) is 4.79 Å². The molecule has 7 heteroatoms. The Morgan fingerprint density at radius 3 is 2.75 bits per heavy atom. The Morgan fingerprint density at radius 1 is 1.40 bits per heavy atom. The summed E-state index contributed by atoms with van der Waals surface area (Å²) in [5.41, 5.74) is 9.04. The molecule has 4 unspecified atom stereocenters. The summed E-state index contributed by atoms with van der Waals surface area (Å²) in [7, 11) is 0. The van der Waals surface area contributed by atoms with Crippen LogP contribution in [0.4, 0.5) is 0 Å². The van der Waals surface area contributed by atoms with Gasteiger partial charge in [0, 0.05) is 24.4 Å². The number of nitrogens with zero attached hydrogens (tertiary/aromatic N) is 1. The highest BCUT2D eigenvalue weighted by Gasteiger charge is 2.48. The number of nitrogens with two attached hydrogens (primary N) is 1. The molecule has 0 spiro atoms. The fraction of sp³-hybridized carbons (Fsp3) is 0.692. The van der Waals surface area contributed by atoms with Crippen molar-refractivity contribution < 1.29 is 4.79 Å². The van der Waals surface area contributed by atoms with E-state index in [0.717, 1.165) is 18.5 Å². The van der Waals surface area contributed by atoms with Gasteiger partial charge in [0.1, 0.15) is 0 Å². The van der Waals surface area contributed by atoms with Crippen molar-refractivity contribution in [3.8, 4) is 0 Å². The first-order valence-electron chi connectivity index (χ1n) is 6.66. The van der Waals surface area contributed by atoms with Crippen LogP contribution in [0.5, 0.6) is 0 Å². The molecule has 4 nitrogen and oxygen atoms in total. The first-order chi connectivity index (χ1) is 8.75. The van der Waals surface area contributed by atoms with Crippen LogP contribution >= 0.6 is 36.2 Å². The van der Waals surface area contributed by atoms with Gasteiger partial charge in [-0.15, -0.1) is 36.2 Å². The van der Waals surface area contributed by atoms with Gasteiger partial charge in [0.05, 0.1) is 17.1 Å². The Labute approximate surface area is 135 Å². The van der Waals surface area contributed by atoms with Crippen LogP contribution in [0.1, 0.15) is 25.0 Å². The molecule has 1 amide bonds. The lowest BCUT2D eigenvalue weighted by atomic mass is 9.84. The number of rotatable bonds is 4. The molecule has 2 aliphatic carbocycles. The number of aromatic nitrogens is 1. The zero-order valence-electron chi connectivity index (χ0n) is 11.2. The van der Waals surface area contributed by atoms with Crippen molar-refractivity contribution in [3.05, 3.63) is 16.6 Å². The molecule has 2 saturated carbocycles. The Morgan fingerprint density at radius 2 is 2.15 bits per heavy atom. The molecule has 1 heterocycles. The maximum Gasteiger partial charge on any atom is 0.224 e. The molecule has 114 valence electrons. The fourth-order valence-corrected chi connectivity index (χ4v) is 4.11. The largest absolute Gasteiger partial charge is 0.355 e. The minimum atomic E-state index is 0. The molecule has 0 saturated heterocycles. The lowest BCUT2D eigenvalue weighted by Gasteiger charge is -2.26. The number of amides is 1. The number of carbonyl (C=O) groups excluding carboxylic acids is 1. The van der Waals surface area contributed by atoms with Gasteiger partial charge in [0.15, 0.2) is 0 Å². The minimum absolute atomic E-state index is 0. The molecule has 3 N–H and O–H groups in total. The van der Waals surface area contributed by atoms with Crippen molar-refractivity contribution in [2.45, 2.75) is 31.7 Å². The third kappa shape index (κ3) is 3.45. The minimum Gasteiger partial charge on any atom is -0.355 e. The summed E-state index contributed by atoms with van der Waals surface area (Å²) in [5.74, 6) is 1.33. The number of thiazole rings is 1. The molecule has 2 bridgehead atoms. The SMILES string of the molecule is Cl.Cl.NC1C2CCC(C2)C1C(=O)NCCc1cscn1. The van der Waals surface area contributed by atoms with E-state index in [9.17, 15) is 4.79 Å². The van der Waals surface area contributed by atoms with Crippen molar-refractivity contribution in [1.82, 2.24) is 10.3 Å². The average Bonchev–Trinajstić information content (AvgIpc) is 3.03. The van der Waals surface area contributed by atoms with Crippen LogP contribution in [0.2, 0.25) is 0 Å². The van der Waals surface area contributed by atoms with Crippen molar-refractivity contribution in [1.29, 1.82) is 0 Å². The number of halogens is 2. The zero-order valence-corrected chi connectivity index (χ0v) is 13.6. The van der Waals surface area contributed by atoms with E-state index in [1.165, 1.54) is 12.8 Å². The second-order valence-corrected chi connectivity index (χ2v) is 6.18. The van der Waals surface area contributed by atoms with Crippen LogP contribution in [-0.2, 0) is 11.2 Å². The second-order valence-electron chi connectivity index (χ2n) is 5.46. The average molecular weight is 338 g/mol. The Hall–Kier alpha value is -0.360. The smallest absolute Gasteiger partial charge is 0.224 e. The first kappa shape index (κ1) is 17.7. The van der Waals surface area contributed by atoms with Crippen LogP contribution < -0.4 is 11.1 Å². The lowest BCUT2D eigenvalue weighted by Crippen LogP contribution is -2.45. The topological polar surface area (TPSA) is 68.0 Å². The quantitative estimate of drug-likeness (QED) is 0.883. The second kappa shape index (κ2) is 7.59. The molecule has 1 aromatic rings. The molecule has 1 aromatic heterocycles. The number of carbonyl (C=O) groups is 1. The van der Waals surface area contributed by atoms with Gasteiger partial charge in [0.2, 0.25) is 5.91 Å². The monoisotopic (exact) mass is 337 g/mol. The molecular formula is C13H21Cl2N3OS. The van der Waals surface area contributed by atoms with E-state index in [1.54, 1.807) is 11.3 Å². The van der Waals surface area contributed by atoms with Crippen molar-refractivity contribution in [2.75, 3.05) is 6.54 Å². The van der Waals surface area contributed by atoms with Gasteiger partial charge in [-0.25, -0.2) is 4.98 Å². The zero-order chi connectivity index (χ0) is 12.5. The van der Waals surface area contributed by atoms with Crippen LogP contribution in [0.15, 0.2) is 10.9 Å². The molecule has 0 aliphatic heterocycles. The number of hydrogen-bond acceptors (Lipinski definition) is 4. The lowest BCUT2D eigenvalue weighted by molar-refractivity contribution is -0.127. The highest BCUT2D eigenvalue weighted by Crippen LogP contribution is 2.47. The third-order valence-corrected chi connectivity index (χ3v) is 5.08. The predicted molar refractivity (Wildman–Crippen MR) is 85.6 cm³/mol. The van der Waals surface area contributed by atoms with Crippen LogP contribution in [0, 0.1) is 17.8 Å². The molecule has 0 aromatic carbocycles. The van der Waals surface area contributed by atoms with Gasteiger partial charge in [-0.05, 0) is 31.1 Å². The summed E-state index contributed by atoms with van der Waals surface area (Å²) >= 11 is 1.59. The van der Waals surface area contributed by atoms with Crippen molar-refractivity contribution in [2.24, 2.45) is 23.5 Å². The van der Waals surface area contributed by atoms with E-state index in [4.69, 9.17) is 5.73 Å². The van der Waals surface area contributed by atoms with Gasteiger partial charge < -0.3 is 11.1 Å². The molecular weight excluding hydrogens is 317 g/mol. The number of fused-ring (bicyclic) bond motifs is 2. The predicted octanol–water partition coefficient (Wildman–Crippen LogP) is 2.02. The number of hydrogen-bond donors (Lipinski definition) is 2. The van der Waals surface area contributed by atoms with Gasteiger partial charge in [0.25, 0.3) is 0 Å². The van der Waals surface area contributed by atoms with Crippen LogP contribution in [0.3, 0.4) is 0 Å². The normalized spacial score (nSPS) is 30.4. The third-order valence-electron chi connectivity index (χ3n) is 4.45. The summed E-state index contributed by atoms with van der Waals surface area (Å²) < 4.78 is 0. The summed E-state index contributed by atoms with van der Waals surface area (Å²) in [6.45, 7) is 0.670. The standard InChI is InChI=1S/C13H19N3OS.2ClH/c14-12-9-2-1-8(5-9)11(12)13(17)15-4-3-10-6-18-7-16-10;;/h6-9,11-12H,1-5,14H2,(H,15,17);2*1H. The Kier molecular flexibility index (Phi) is 6.72.